The van der Waals surface area contributed by atoms with Gasteiger partial charge in [0.15, 0.2) is 5.82 Å². The lowest BCUT2D eigenvalue weighted by Crippen LogP contribution is -2.20. The number of aromatic hydroxyl groups is 1. The number of aromatic nitrogens is 4. The van der Waals surface area contributed by atoms with Crippen molar-refractivity contribution in [1.29, 1.82) is 0 Å². The third-order valence-corrected chi connectivity index (χ3v) is 2.04. The molecule has 0 aliphatic carbocycles. The van der Waals surface area contributed by atoms with Crippen LogP contribution in [0.2, 0.25) is 0 Å². The minimum Gasteiger partial charge on any atom is -0.507 e. The molecular weight excluding hydrogens is 236 g/mol. The van der Waals surface area contributed by atoms with E-state index in [9.17, 15) is 9.90 Å². The number of carbonyl (C=O) groups excluding carboxylic acids is 1. The maximum Gasteiger partial charge on any atom is 0.247 e. The van der Waals surface area contributed by atoms with Crippen molar-refractivity contribution in [2.75, 3.05) is 0 Å². The zero-order valence-corrected chi connectivity index (χ0v) is 9.24. The molecule has 0 bridgehead atoms. The quantitative estimate of drug-likeness (QED) is 0.501. The number of aromatic amines is 1. The van der Waals surface area contributed by atoms with Crippen molar-refractivity contribution in [1.82, 2.24) is 26.0 Å². The first-order chi connectivity index (χ1) is 8.75. The molecule has 0 fully saturated rings. The summed E-state index contributed by atoms with van der Waals surface area (Å²) in [6.07, 6.45) is 1.33. The van der Waals surface area contributed by atoms with Crippen molar-refractivity contribution in [2.24, 2.45) is 5.10 Å². The minimum atomic E-state index is -0.372. The third-order valence-electron chi connectivity index (χ3n) is 2.04. The van der Waals surface area contributed by atoms with Gasteiger partial charge < -0.3 is 5.11 Å². The number of phenolic OH excluding ortho intramolecular Hbond substituents is 1. The van der Waals surface area contributed by atoms with Crippen molar-refractivity contribution in [2.45, 2.75) is 6.42 Å². The Morgan fingerprint density at radius 1 is 1.50 bits per heavy atom. The van der Waals surface area contributed by atoms with Crippen LogP contribution in [0.5, 0.6) is 5.75 Å². The zero-order valence-electron chi connectivity index (χ0n) is 9.24. The molecule has 1 amide bonds. The number of hydrogen-bond acceptors (Lipinski definition) is 6. The molecule has 2 rings (SSSR count). The van der Waals surface area contributed by atoms with E-state index in [1.807, 2.05) is 0 Å². The molecule has 0 aliphatic rings. The van der Waals surface area contributed by atoms with Gasteiger partial charge in [-0.15, -0.1) is 10.2 Å². The Morgan fingerprint density at radius 3 is 3.06 bits per heavy atom. The highest BCUT2D eigenvalue weighted by Crippen LogP contribution is 2.12. The average Bonchev–Trinajstić information content (AvgIpc) is 2.84. The van der Waals surface area contributed by atoms with E-state index >= 15 is 0 Å². The molecule has 0 unspecified atom stereocenters. The topological polar surface area (TPSA) is 116 Å². The summed E-state index contributed by atoms with van der Waals surface area (Å²) < 4.78 is 0. The zero-order chi connectivity index (χ0) is 12.8. The molecule has 0 aliphatic heterocycles. The monoisotopic (exact) mass is 246 g/mol. The number of tetrazole rings is 1. The van der Waals surface area contributed by atoms with E-state index in [2.05, 4.69) is 31.2 Å². The average molecular weight is 246 g/mol. The molecule has 1 aromatic carbocycles. The van der Waals surface area contributed by atoms with Gasteiger partial charge in [0.1, 0.15) is 5.75 Å². The normalized spacial score (nSPS) is 10.7. The Kier molecular flexibility index (Phi) is 3.59. The first-order valence-electron chi connectivity index (χ1n) is 5.08. The van der Waals surface area contributed by atoms with E-state index in [1.54, 1.807) is 18.2 Å². The minimum absolute atomic E-state index is 0.0192. The highest BCUT2D eigenvalue weighted by molar-refractivity contribution is 5.85. The number of rotatable bonds is 4. The number of hydrazone groups is 1. The molecule has 92 valence electrons. The molecule has 3 N–H and O–H groups in total. The fourth-order valence-electron chi connectivity index (χ4n) is 1.21. The van der Waals surface area contributed by atoms with Crippen LogP contribution in [0.1, 0.15) is 11.4 Å². The third kappa shape index (κ3) is 3.11. The van der Waals surface area contributed by atoms with Crippen LogP contribution in [-0.2, 0) is 11.2 Å². The van der Waals surface area contributed by atoms with Gasteiger partial charge in [-0.25, -0.2) is 5.43 Å². The van der Waals surface area contributed by atoms with Gasteiger partial charge in [0.2, 0.25) is 5.91 Å². The van der Waals surface area contributed by atoms with E-state index in [0.717, 1.165) is 0 Å². The predicted octanol–water partition coefficient (Wildman–Crippen LogP) is -0.402. The lowest BCUT2D eigenvalue weighted by Gasteiger charge is -1.98. The molecule has 2 aromatic rings. The number of nitrogens with zero attached hydrogens (tertiary/aromatic N) is 4. The van der Waals surface area contributed by atoms with Crippen LogP contribution in [0.25, 0.3) is 0 Å². The second-order valence-corrected chi connectivity index (χ2v) is 3.36. The fraction of sp³-hybridized carbons (Fsp3) is 0.100. The molecule has 1 aromatic heterocycles. The van der Waals surface area contributed by atoms with Gasteiger partial charge in [-0.3, -0.25) is 4.79 Å². The number of H-pyrrole nitrogens is 1. The maximum absolute atomic E-state index is 11.4. The largest absolute Gasteiger partial charge is 0.507 e. The van der Waals surface area contributed by atoms with Gasteiger partial charge in [0.05, 0.1) is 12.6 Å². The number of hydrogen-bond donors (Lipinski definition) is 3. The number of nitrogens with one attached hydrogen (secondary N) is 2. The second-order valence-electron chi connectivity index (χ2n) is 3.36. The van der Waals surface area contributed by atoms with Crippen LogP contribution >= 0.6 is 0 Å². The lowest BCUT2D eigenvalue weighted by molar-refractivity contribution is -0.120. The molecule has 0 spiro atoms. The SMILES string of the molecule is O=C(Cc1nn[nH]n1)NN=Cc1ccccc1O. The van der Waals surface area contributed by atoms with Crippen LogP contribution in [0.4, 0.5) is 0 Å². The van der Waals surface area contributed by atoms with Gasteiger partial charge >= 0.3 is 0 Å². The van der Waals surface area contributed by atoms with Crippen molar-refractivity contribution >= 4 is 12.1 Å². The second kappa shape index (κ2) is 5.53. The van der Waals surface area contributed by atoms with Gasteiger partial charge in [-0.2, -0.15) is 10.3 Å². The number of amides is 1. The summed E-state index contributed by atoms with van der Waals surface area (Å²) in [4.78, 5) is 11.4. The van der Waals surface area contributed by atoms with Crippen LogP contribution < -0.4 is 5.43 Å². The van der Waals surface area contributed by atoms with Crippen molar-refractivity contribution in [3.05, 3.63) is 35.7 Å². The maximum atomic E-state index is 11.4. The Labute approximate surface area is 102 Å². The first kappa shape index (κ1) is 11.7. The standard InChI is InChI=1S/C10H10N6O2/c17-8-4-2-1-3-7(8)6-11-14-10(18)5-9-12-15-16-13-9/h1-4,6,17H,5H2,(H,14,18)(H,12,13,15,16). The lowest BCUT2D eigenvalue weighted by atomic mass is 10.2. The van der Waals surface area contributed by atoms with Crippen LogP contribution in [0.15, 0.2) is 29.4 Å². The first-order valence-corrected chi connectivity index (χ1v) is 5.08. The highest BCUT2D eigenvalue weighted by atomic mass is 16.3. The molecule has 8 nitrogen and oxygen atoms in total. The molecule has 8 heteroatoms. The van der Waals surface area contributed by atoms with E-state index in [-0.39, 0.29) is 23.9 Å². The van der Waals surface area contributed by atoms with Crippen molar-refractivity contribution in [3.8, 4) is 5.75 Å². The van der Waals surface area contributed by atoms with E-state index in [0.29, 0.717) is 5.56 Å². The van der Waals surface area contributed by atoms with Crippen LogP contribution in [0.3, 0.4) is 0 Å². The van der Waals surface area contributed by atoms with Crippen molar-refractivity contribution < 1.29 is 9.90 Å². The van der Waals surface area contributed by atoms with Crippen LogP contribution in [0, 0.1) is 0 Å². The van der Waals surface area contributed by atoms with Gasteiger partial charge in [0, 0.05) is 5.56 Å². The predicted molar refractivity (Wildman–Crippen MR) is 61.7 cm³/mol. The van der Waals surface area contributed by atoms with Crippen LogP contribution in [-0.4, -0.2) is 37.9 Å². The molecule has 0 saturated heterocycles. The summed E-state index contributed by atoms with van der Waals surface area (Å²) >= 11 is 0. The summed E-state index contributed by atoms with van der Waals surface area (Å²) in [5.74, 6) is 0.00185. The smallest absolute Gasteiger partial charge is 0.247 e. The summed E-state index contributed by atoms with van der Waals surface area (Å²) in [5, 5.41) is 26.0. The van der Waals surface area contributed by atoms with Gasteiger partial charge in [-0.1, -0.05) is 17.3 Å². The van der Waals surface area contributed by atoms with E-state index in [1.165, 1.54) is 12.3 Å². The summed E-state index contributed by atoms with van der Waals surface area (Å²) in [7, 11) is 0. The number of carbonyl (C=O) groups is 1. The Morgan fingerprint density at radius 2 is 2.33 bits per heavy atom. The van der Waals surface area contributed by atoms with E-state index < -0.39 is 0 Å². The fourth-order valence-corrected chi connectivity index (χ4v) is 1.21. The molecule has 18 heavy (non-hydrogen) atoms. The molecule has 1 heterocycles. The van der Waals surface area contributed by atoms with Gasteiger partial charge in [0.25, 0.3) is 0 Å². The van der Waals surface area contributed by atoms with Crippen molar-refractivity contribution in [3.63, 3.8) is 0 Å². The highest BCUT2D eigenvalue weighted by Gasteiger charge is 2.05. The Balaban J connectivity index is 1.88. The number of para-hydroxylation sites is 1. The molecular formula is C10H10N6O2. The summed E-state index contributed by atoms with van der Waals surface area (Å²) in [6.45, 7) is 0. The van der Waals surface area contributed by atoms with Gasteiger partial charge in [-0.05, 0) is 12.1 Å². The Hall–Kier alpha value is -2.77. The Bertz CT molecular complexity index is 551. The summed E-state index contributed by atoms with van der Waals surface area (Å²) in [6, 6.07) is 6.65. The number of phenols is 1. The van der Waals surface area contributed by atoms with E-state index in [4.69, 9.17) is 0 Å². The molecule has 0 radical (unpaired) electrons. The molecule has 0 atom stereocenters. The molecule has 0 saturated carbocycles. The number of benzene rings is 1. The summed E-state index contributed by atoms with van der Waals surface area (Å²) in [5.41, 5.74) is 2.81.